The molecule has 1 aromatic heterocycles. The van der Waals surface area contributed by atoms with Crippen LogP contribution in [-0.2, 0) is 6.61 Å². The van der Waals surface area contributed by atoms with Gasteiger partial charge in [-0.3, -0.25) is 4.79 Å². The molecule has 0 unspecified atom stereocenters. The molecule has 2 aromatic carbocycles. The summed E-state index contributed by atoms with van der Waals surface area (Å²) in [5.74, 6) is -1.72. The summed E-state index contributed by atoms with van der Waals surface area (Å²) in [6.45, 7) is 1.68. The standard InChI is InChI=1S/C18H13ClF2N2O3/c1-10-14(9-25-13-5-2-11(19)3-6-13)17(23-26-10)18(24)22-12-4-7-15(20)16(21)8-12/h2-8H,9H2,1H3,(H,22,24). The number of benzene rings is 2. The van der Waals surface area contributed by atoms with Crippen LogP contribution >= 0.6 is 11.6 Å². The fourth-order valence-corrected chi connectivity index (χ4v) is 2.32. The van der Waals surface area contributed by atoms with Crippen LogP contribution in [0, 0.1) is 18.6 Å². The lowest BCUT2D eigenvalue weighted by Gasteiger charge is -2.08. The number of hydrogen-bond acceptors (Lipinski definition) is 4. The van der Waals surface area contributed by atoms with Crippen LogP contribution in [0.5, 0.6) is 5.75 Å². The molecule has 0 aliphatic rings. The summed E-state index contributed by atoms with van der Waals surface area (Å²) < 4.78 is 36.9. The molecule has 0 atom stereocenters. The van der Waals surface area contributed by atoms with Gasteiger partial charge in [-0.2, -0.15) is 0 Å². The Morgan fingerprint density at radius 1 is 1.19 bits per heavy atom. The summed E-state index contributed by atoms with van der Waals surface area (Å²) in [4.78, 5) is 12.4. The highest BCUT2D eigenvalue weighted by Gasteiger charge is 2.21. The van der Waals surface area contributed by atoms with Gasteiger partial charge in [0.25, 0.3) is 5.91 Å². The zero-order chi connectivity index (χ0) is 18.7. The quantitative estimate of drug-likeness (QED) is 0.696. The molecular weight excluding hydrogens is 366 g/mol. The maximum atomic E-state index is 13.3. The van der Waals surface area contributed by atoms with Crippen LogP contribution in [0.3, 0.4) is 0 Å². The first-order valence-corrected chi connectivity index (χ1v) is 7.92. The van der Waals surface area contributed by atoms with Crippen molar-refractivity contribution in [3.63, 3.8) is 0 Å². The molecule has 1 N–H and O–H groups in total. The predicted molar refractivity (Wildman–Crippen MR) is 91.3 cm³/mol. The van der Waals surface area contributed by atoms with Gasteiger partial charge >= 0.3 is 0 Å². The van der Waals surface area contributed by atoms with E-state index in [0.29, 0.717) is 22.1 Å². The van der Waals surface area contributed by atoms with E-state index in [2.05, 4.69) is 10.5 Å². The first-order valence-electron chi connectivity index (χ1n) is 7.54. The average Bonchev–Trinajstić information content (AvgIpc) is 2.98. The second kappa shape index (κ2) is 7.53. The molecule has 0 aliphatic carbocycles. The van der Waals surface area contributed by atoms with Crippen molar-refractivity contribution in [2.45, 2.75) is 13.5 Å². The number of aromatic nitrogens is 1. The second-order valence-electron chi connectivity index (χ2n) is 5.39. The Balaban J connectivity index is 1.74. The zero-order valence-corrected chi connectivity index (χ0v) is 14.3. The van der Waals surface area contributed by atoms with Crippen LogP contribution in [-0.4, -0.2) is 11.1 Å². The minimum atomic E-state index is -1.06. The Hall–Kier alpha value is -2.93. The molecular formula is C18H13ClF2N2O3. The van der Waals surface area contributed by atoms with Crippen molar-refractivity contribution in [2.24, 2.45) is 0 Å². The van der Waals surface area contributed by atoms with E-state index in [1.54, 1.807) is 31.2 Å². The Morgan fingerprint density at radius 3 is 2.62 bits per heavy atom. The molecule has 1 amide bonds. The third kappa shape index (κ3) is 4.00. The number of carbonyl (C=O) groups is 1. The van der Waals surface area contributed by atoms with Crippen LogP contribution in [0.2, 0.25) is 5.02 Å². The van der Waals surface area contributed by atoms with Crippen LogP contribution in [0.15, 0.2) is 47.0 Å². The van der Waals surface area contributed by atoms with Crippen LogP contribution < -0.4 is 10.1 Å². The highest BCUT2D eigenvalue weighted by Crippen LogP contribution is 2.21. The van der Waals surface area contributed by atoms with Crippen LogP contribution in [0.4, 0.5) is 14.5 Å². The maximum absolute atomic E-state index is 13.3. The van der Waals surface area contributed by atoms with Gasteiger partial charge < -0.3 is 14.6 Å². The lowest BCUT2D eigenvalue weighted by Crippen LogP contribution is -2.15. The predicted octanol–water partition coefficient (Wildman–Crippen LogP) is 4.75. The van der Waals surface area contributed by atoms with E-state index >= 15 is 0 Å². The number of hydrogen-bond donors (Lipinski definition) is 1. The molecule has 0 spiro atoms. The maximum Gasteiger partial charge on any atom is 0.278 e. The van der Waals surface area contributed by atoms with Crippen molar-refractivity contribution in [1.29, 1.82) is 0 Å². The minimum absolute atomic E-state index is 0.00111. The Bertz CT molecular complexity index is 942. The van der Waals surface area contributed by atoms with Gasteiger partial charge in [-0.15, -0.1) is 0 Å². The number of nitrogens with one attached hydrogen (secondary N) is 1. The first-order chi connectivity index (χ1) is 12.4. The van der Waals surface area contributed by atoms with Gasteiger partial charge in [0.1, 0.15) is 18.1 Å². The molecule has 134 valence electrons. The normalized spacial score (nSPS) is 10.6. The smallest absolute Gasteiger partial charge is 0.278 e. The summed E-state index contributed by atoms with van der Waals surface area (Å²) in [6.07, 6.45) is 0. The number of aryl methyl sites for hydroxylation is 1. The van der Waals surface area contributed by atoms with E-state index in [0.717, 1.165) is 12.1 Å². The number of rotatable bonds is 5. The van der Waals surface area contributed by atoms with Gasteiger partial charge in [-0.25, -0.2) is 8.78 Å². The van der Waals surface area contributed by atoms with Crippen molar-refractivity contribution >= 4 is 23.2 Å². The number of carbonyl (C=O) groups excluding carboxylic acids is 1. The number of amides is 1. The molecule has 0 aliphatic heterocycles. The summed E-state index contributed by atoms with van der Waals surface area (Å²) in [5, 5.41) is 6.74. The first kappa shape index (κ1) is 17.9. The van der Waals surface area contributed by atoms with Gasteiger partial charge in [-0.1, -0.05) is 16.8 Å². The van der Waals surface area contributed by atoms with Crippen LogP contribution in [0.25, 0.3) is 0 Å². The summed E-state index contributed by atoms with van der Waals surface area (Å²) in [6, 6.07) is 9.77. The summed E-state index contributed by atoms with van der Waals surface area (Å²) >= 11 is 5.82. The molecule has 0 fully saturated rings. The monoisotopic (exact) mass is 378 g/mol. The molecule has 1 heterocycles. The van der Waals surface area contributed by atoms with E-state index in [9.17, 15) is 13.6 Å². The molecule has 0 saturated carbocycles. The summed E-state index contributed by atoms with van der Waals surface area (Å²) in [5.41, 5.74) is 0.542. The molecule has 0 radical (unpaired) electrons. The SMILES string of the molecule is Cc1onc(C(=O)Nc2ccc(F)c(F)c2)c1COc1ccc(Cl)cc1. The van der Waals surface area contributed by atoms with Gasteiger partial charge in [0, 0.05) is 16.8 Å². The number of anilines is 1. The average molecular weight is 379 g/mol. The lowest BCUT2D eigenvalue weighted by atomic mass is 10.2. The molecule has 26 heavy (non-hydrogen) atoms. The number of nitrogens with zero attached hydrogens (tertiary/aromatic N) is 1. The van der Waals surface area contributed by atoms with E-state index < -0.39 is 17.5 Å². The van der Waals surface area contributed by atoms with Crippen molar-refractivity contribution in [1.82, 2.24) is 5.16 Å². The largest absolute Gasteiger partial charge is 0.489 e. The Labute approximate surface area is 152 Å². The molecule has 0 bridgehead atoms. The Morgan fingerprint density at radius 2 is 1.92 bits per heavy atom. The van der Waals surface area contributed by atoms with E-state index in [1.807, 2.05) is 0 Å². The molecule has 0 saturated heterocycles. The van der Waals surface area contributed by atoms with Crippen molar-refractivity contribution in [2.75, 3.05) is 5.32 Å². The summed E-state index contributed by atoms with van der Waals surface area (Å²) in [7, 11) is 0. The molecule has 3 rings (SSSR count). The Kier molecular flexibility index (Phi) is 5.18. The fourth-order valence-electron chi connectivity index (χ4n) is 2.19. The van der Waals surface area contributed by atoms with Gasteiger partial charge in [0.15, 0.2) is 17.3 Å². The van der Waals surface area contributed by atoms with Gasteiger partial charge in [0.2, 0.25) is 0 Å². The van der Waals surface area contributed by atoms with E-state index in [1.165, 1.54) is 6.07 Å². The third-order valence-corrected chi connectivity index (χ3v) is 3.83. The lowest BCUT2D eigenvalue weighted by molar-refractivity contribution is 0.101. The molecule has 8 heteroatoms. The molecule has 3 aromatic rings. The highest BCUT2D eigenvalue weighted by molar-refractivity contribution is 6.30. The van der Waals surface area contributed by atoms with E-state index in [4.69, 9.17) is 20.9 Å². The highest BCUT2D eigenvalue weighted by atomic mass is 35.5. The van der Waals surface area contributed by atoms with Crippen molar-refractivity contribution in [3.8, 4) is 5.75 Å². The second-order valence-corrected chi connectivity index (χ2v) is 5.83. The topological polar surface area (TPSA) is 64.4 Å². The van der Waals surface area contributed by atoms with Gasteiger partial charge in [-0.05, 0) is 43.3 Å². The van der Waals surface area contributed by atoms with Crippen LogP contribution in [0.1, 0.15) is 21.8 Å². The fraction of sp³-hybridized carbons (Fsp3) is 0.111. The number of halogens is 3. The zero-order valence-electron chi connectivity index (χ0n) is 13.6. The van der Waals surface area contributed by atoms with Crippen molar-refractivity contribution < 1.29 is 22.8 Å². The minimum Gasteiger partial charge on any atom is -0.489 e. The number of ether oxygens (including phenoxy) is 1. The molecule has 5 nitrogen and oxygen atoms in total. The van der Waals surface area contributed by atoms with Gasteiger partial charge in [0.05, 0.1) is 5.56 Å². The third-order valence-electron chi connectivity index (χ3n) is 3.57. The van der Waals surface area contributed by atoms with Crippen molar-refractivity contribution in [3.05, 3.63) is 76.1 Å². The van der Waals surface area contributed by atoms with E-state index in [-0.39, 0.29) is 18.0 Å².